The second-order valence-corrected chi connectivity index (χ2v) is 4.23. The van der Waals surface area contributed by atoms with Gasteiger partial charge < -0.3 is 14.8 Å². The number of hydrogen-bond donors (Lipinski definition) is 1. The van der Waals surface area contributed by atoms with Crippen molar-refractivity contribution in [1.82, 2.24) is 5.32 Å². The minimum atomic E-state index is -0.304. The van der Waals surface area contributed by atoms with Gasteiger partial charge in [-0.15, -0.1) is 0 Å². The molecule has 15 heavy (non-hydrogen) atoms. The van der Waals surface area contributed by atoms with Crippen LogP contribution in [0.25, 0.3) is 0 Å². The van der Waals surface area contributed by atoms with Gasteiger partial charge in [-0.05, 0) is 26.3 Å². The summed E-state index contributed by atoms with van der Waals surface area (Å²) in [5, 5.41) is 3.22. The number of nitrogens with one attached hydrogen (secondary N) is 1. The van der Waals surface area contributed by atoms with Crippen LogP contribution < -0.4 is 5.32 Å². The van der Waals surface area contributed by atoms with Crippen molar-refractivity contribution in [2.75, 3.05) is 26.8 Å². The molecule has 1 saturated heterocycles. The topological polar surface area (TPSA) is 47.6 Å². The molecular weight excluding hydrogens is 194 g/mol. The van der Waals surface area contributed by atoms with E-state index < -0.39 is 0 Å². The molecule has 0 aromatic carbocycles. The Kier molecular flexibility index (Phi) is 4.54. The van der Waals surface area contributed by atoms with Crippen molar-refractivity contribution < 1.29 is 14.3 Å². The standard InChI is InChI=1S/C11H21NO3/c1-4-11(5-6-12-8-11)10(13)15-9(2)7-14-3/h9,12H,4-8H2,1-3H3. The van der Waals surface area contributed by atoms with Crippen molar-refractivity contribution in [3.63, 3.8) is 0 Å². The van der Waals surface area contributed by atoms with Gasteiger partial charge in [0.25, 0.3) is 0 Å². The van der Waals surface area contributed by atoms with Gasteiger partial charge in [-0.3, -0.25) is 4.79 Å². The summed E-state index contributed by atoms with van der Waals surface area (Å²) in [5.41, 5.74) is -0.304. The van der Waals surface area contributed by atoms with Gasteiger partial charge in [-0.25, -0.2) is 0 Å². The lowest BCUT2D eigenvalue weighted by molar-refractivity contribution is -0.162. The van der Waals surface area contributed by atoms with Crippen molar-refractivity contribution in [3.05, 3.63) is 0 Å². The van der Waals surface area contributed by atoms with Crippen LogP contribution in [0.4, 0.5) is 0 Å². The predicted octanol–water partition coefficient (Wildman–Crippen LogP) is 0.954. The smallest absolute Gasteiger partial charge is 0.313 e. The van der Waals surface area contributed by atoms with Crippen molar-refractivity contribution in [2.24, 2.45) is 5.41 Å². The molecule has 0 bridgehead atoms. The lowest BCUT2D eigenvalue weighted by atomic mass is 9.84. The van der Waals surface area contributed by atoms with Crippen LogP contribution in [0.5, 0.6) is 0 Å². The molecule has 1 aliphatic heterocycles. The average molecular weight is 215 g/mol. The molecule has 0 radical (unpaired) electrons. The first-order chi connectivity index (χ1) is 7.14. The number of ether oxygens (including phenoxy) is 2. The van der Waals surface area contributed by atoms with Crippen molar-refractivity contribution in [2.45, 2.75) is 32.8 Å². The van der Waals surface area contributed by atoms with Crippen LogP contribution >= 0.6 is 0 Å². The van der Waals surface area contributed by atoms with E-state index >= 15 is 0 Å². The van der Waals surface area contributed by atoms with E-state index in [1.54, 1.807) is 7.11 Å². The molecule has 1 rings (SSSR count). The molecule has 0 aliphatic carbocycles. The number of carbonyl (C=O) groups excluding carboxylic acids is 1. The van der Waals surface area contributed by atoms with E-state index in [2.05, 4.69) is 5.32 Å². The van der Waals surface area contributed by atoms with Crippen molar-refractivity contribution >= 4 is 5.97 Å². The van der Waals surface area contributed by atoms with Crippen molar-refractivity contribution in [1.29, 1.82) is 0 Å². The highest BCUT2D eigenvalue weighted by Gasteiger charge is 2.41. The van der Waals surface area contributed by atoms with E-state index in [9.17, 15) is 4.79 Å². The number of methoxy groups -OCH3 is 1. The van der Waals surface area contributed by atoms with E-state index in [0.29, 0.717) is 6.61 Å². The average Bonchev–Trinajstić information content (AvgIpc) is 2.67. The summed E-state index contributed by atoms with van der Waals surface area (Å²) in [6.45, 7) is 5.99. The molecule has 0 spiro atoms. The van der Waals surface area contributed by atoms with Gasteiger partial charge in [0.05, 0.1) is 12.0 Å². The van der Waals surface area contributed by atoms with Gasteiger partial charge in [0, 0.05) is 13.7 Å². The number of esters is 1. The summed E-state index contributed by atoms with van der Waals surface area (Å²) in [6, 6.07) is 0. The Morgan fingerprint density at radius 3 is 2.80 bits per heavy atom. The van der Waals surface area contributed by atoms with E-state index in [1.165, 1.54) is 0 Å². The monoisotopic (exact) mass is 215 g/mol. The summed E-state index contributed by atoms with van der Waals surface area (Å²) >= 11 is 0. The molecule has 0 aromatic rings. The molecular formula is C11H21NO3. The maximum Gasteiger partial charge on any atom is 0.313 e. The first kappa shape index (κ1) is 12.5. The lowest BCUT2D eigenvalue weighted by Gasteiger charge is -2.26. The third-order valence-electron chi connectivity index (χ3n) is 3.06. The minimum Gasteiger partial charge on any atom is -0.460 e. The molecule has 0 saturated carbocycles. The van der Waals surface area contributed by atoms with Crippen LogP contribution in [0.15, 0.2) is 0 Å². The maximum atomic E-state index is 12.0. The van der Waals surface area contributed by atoms with Gasteiger partial charge in [-0.1, -0.05) is 6.92 Å². The van der Waals surface area contributed by atoms with Gasteiger partial charge in [-0.2, -0.15) is 0 Å². The quantitative estimate of drug-likeness (QED) is 0.694. The Morgan fingerprint density at radius 1 is 1.60 bits per heavy atom. The molecule has 0 amide bonds. The summed E-state index contributed by atoms with van der Waals surface area (Å²) in [4.78, 5) is 12.0. The van der Waals surface area contributed by atoms with Crippen LogP contribution in [0, 0.1) is 5.41 Å². The fourth-order valence-electron chi connectivity index (χ4n) is 1.94. The summed E-state index contributed by atoms with van der Waals surface area (Å²) in [6.07, 6.45) is 1.55. The normalized spacial score (nSPS) is 27.7. The molecule has 4 heteroatoms. The number of hydrogen-bond acceptors (Lipinski definition) is 4. The highest BCUT2D eigenvalue weighted by Crippen LogP contribution is 2.31. The van der Waals surface area contributed by atoms with Gasteiger partial charge >= 0.3 is 5.97 Å². The highest BCUT2D eigenvalue weighted by atomic mass is 16.6. The Morgan fingerprint density at radius 2 is 2.33 bits per heavy atom. The summed E-state index contributed by atoms with van der Waals surface area (Å²) < 4.78 is 10.3. The van der Waals surface area contributed by atoms with Crippen LogP contribution in [0.3, 0.4) is 0 Å². The number of rotatable bonds is 5. The molecule has 1 N–H and O–H groups in total. The Balaban J connectivity index is 2.50. The predicted molar refractivity (Wildman–Crippen MR) is 57.6 cm³/mol. The highest BCUT2D eigenvalue weighted by molar-refractivity contribution is 5.77. The summed E-state index contributed by atoms with van der Waals surface area (Å²) in [7, 11) is 1.61. The van der Waals surface area contributed by atoms with Crippen LogP contribution in [0.2, 0.25) is 0 Å². The van der Waals surface area contributed by atoms with E-state index in [4.69, 9.17) is 9.47 Å². The third kappa shape index (κ3) is 2.92. The Labute approximate surface area is 91.3 Å². The first-order valence-corrected chi connectivity index (χ1v) is 5.55. The molecule has 1 fully saturated rings. The van der Waals surface area contributed by atoms with Crippen molar-refractivity contribution in [3.8, 4) is 0 Å². The maximum absolute atomic E-state index is 12.0. The van der Waals surface area contributed by atoms with Gasteiger partial charge in [0.2, 0.25) is 0 Å². The zero-order chi connectivity index (χ0) is 11.3. The molecule has 1 aliphatic rings. The van der Waals surface area contributed by atoms with Crippen LogP contribution in [-0.2, 0) is 14.3 Å². The molecule has 2 unspecified atom stereocenters. The third-order valence-corrected chi connectivity index (χ3v) is 3.06. The molecule has 2 atom stereocenters. The Hall–Kier alpha value is -0.610. The molecule has 88 valence electrons. The van der Waals surface area contributed by atoms with E-state index in [0.717, 1.165) is 25.9 Å². The Bertz CT molecular complexity index is 212. The van der Waals surface area contributed by atoms with E-state index in [1.807, 2.05) is 13.8 Å². The van der Waals surface area contributed by atoms with Gasteiger partial charge in [0.15, 0.2) is 0 Å². The fraction of sp³-hybridized carbons (Fsp3) is 0.909. The van der Waals surface area contributed by atoms with E-state index in [-0.39, 0.29) is 17.5 Å². The zero-order valence-corrected chi connectivity index (χ0v) is 9.84. The second-order valence-electron chi connectivity index (χ2n) is 4.23. The van der Waals surface area contributed by atoms with Crippen LogP contribution in [0.1, 0.15) is 26.7 Å². The largest absolute Gasteiger partial charge is 0.460 e. The van der Waals surface area contributed by atoms with Gasteiger partial charge in [0.1, 0.15) is 6.10 Å². The first-order valence-electron chi connectivity index (χ1n) is 5.55. The fourth-order valence-corrected chi connectivity index (χ4v) is 1.94. The number of carbonyl (C=O) groups is 1. The molecule has 1 heterocycles. The zero-order valence-electron chi connectivity index (χ0n) is 9.84. The minimum absolute atomic E-state index is 0.0837. The lowest BCUT2D eigenvalue weighted by Crippen LogP contribution is -2.37. The van der Waals surface area contributed by atoms with Crippen LogP contribution in [-0.4, -0.2) is 38.9 Å². The molecule has 4 nitrogen and oxygen atoms in total. The second kappa shape index (κ2) is 5.47. The SMILES string of the molecule is CCC1(C(=O)OC(C)COC)CCNC1. The molecule has 0 aromatic heterocycles. The summed E-state index contributed by atoms with van der Waals surface area (Å²) in [5.74, 6) is -0.0837.